The summed E-state index contributed by atoms with van der Waals surface area (Å²) in [5, 5.41) is 4.34. The van der Waals surface area contributed by atoms with Crippen LogP contribution in [-0.4, -0.2) is 64.0 Å². The lowest BCUT2D eigenvalue weighted by atomic mass is 9.95. The van der Waals surface area contributed by atoms with Crippen LogP contribution in [0.1, 0.15) is 38.4 Å². The minimum absolute atomic E-state index is 0.261. The molecule has 8 nitrogen and oxygen atoms in total. The van der Waals surface area contributed by atoms with Gasteiger partial charge in [0.2, 0.25) is 0 Å². The van der Waals surface area contributed by atoms with Crippen LogP contribution in [0.5, 0.6) is 0 Å². The molecule has 0 radical (unpaired) electrons. The molecule has 148 valence electrons. The summed E-state index contributed by atoms with van der Waals surface area (Å²) >= 11 is 0. The third-order valence-electron chi connectivity index (χ3n) is 4.90. The molecule has 1 atom stereocenters. The number of hydrogen-bond donors (Lipinski definition) is 0. The molecule has 0 N–H and O–H groups in total. The average molecular weight is 393 g/mol. The van der Waals surface area contributed by atoms with Crippen LogP contribution in [0.15, 0.2) is 24.8 Å². The Kier molecular flexibility index (Phi) is 5.92. The van der Waals surface area contributed by atoms with Crippen molar-refractivity contribution in [1.29, 1.82) is 0 Å². The van der Waals surface area contributed by atoms with Gasteiger partial charge in [0, 0.05) is 51.2 Å². The number of piperidine rings is 1. The van der Waals surface area contributed by atoms with E-state index in [1.54, 1.807) is 37.0 Å². The van der Waals surface area contributed by atoms with Crippen LogP contribution in [0.25, 0.3) is 11.3 Å². The maximum absolute atomic E-state index is 12.4. The standard InChI is InChI=1S/C18H28N6O2S/c1-14(2)24-13-16(9-21-24)18-11-19-17(10-20-18)8-15-6-5-7-23(12-15)27(25,26)22(3)4/h9-11,13-15H,5-8,12H2,1-4H3/t15-/m1/s1. The molecule has 9 heteroatoms. The minimum atomic E-state index is -3.35. The van der Waals surface area contributed by atoms with Gasteiger partial charge in [0.05, 0.1) is 23.8 Å². The maximum atomic E-state index is 12.4. The highest BCUT2D eigenvalue weighted by Crippen LogP contribution is 2.23. The molecule has 2 aromatic rings. The number of aromatic nitrogens is 4. The van der Waals surface area contributed by atoms with E-state index in [0.29, 0.717) is 19.1 Å². The Morgan fingerprint density at radius 2 is 2.00 bits per heavy atom. The van der Waals surface area contributed by atoms with E-state index in [1.807, 2.05) is 10.9 Å². The first-order chi connectivity index (χ1) is 12.8. The molecule has 27 heavy (non-hydrogen) atoms. The highest BCUT2D eigenvalue weighted by atomic mass is 32.2. The zero-order chi connectivity index (χ0) is 19.6. The largest absolute Gasteiger partial charge is 0.281 e. The van der Waals surface area contributed by atoms with Crippen LogP contribution < -0.4 is 0 Å². The Hall–Kier alpha value is -1.84. The third kappa shape index (κ3) is 4.53. The molecule has 1 fully saturated rings. The fourth-order valence-electron chi connectivity index (χ4n) is 3.29. The van der Waals surface area contributed by atoms with Crippen LogP contribution in [-0.2, 0) is 16.6 Å². The molecule has 0 bridgehead atoms. The van der Waals surface area contributed by atoms with Crippen molar-refractivity contribution in [3.63, 3.8) is 0 Å². The van der Waals surface area contributed by atoms with Crippen molar-refractivity contribution in [2.45, 2.75) is 39.2 Å². The normalized spacial score (nSPS) is 19.1. The van der Waals surface area contributed by atoms with Gasteiger partial charge >= 0.3 is 0 Å². The van der Waals surface area contributed by atoms with Crippen molar-refractivity contribution in [3.05, 3.63) is 30.5 Å². The predicted molar refractivity (Wildman–Crippen MR) is 104 cm³/mol. The van der Waals surface area contributed by atoms with Crippen molar-refractivity contribution >= 4 is 10.2 Å². The highest BCUT2D eigenvalue weighted by molar-refractivity contribution is 7.86. The zero-order valence-corrected chi connectivity index (χ0v) is 17.2. The van der Waals surface area contributed by atoms with E-state index in [-0.39, 0.29) is 5.92 Å². The fourth-order valence-corrected chi connectivity index (χ4v) is 4.51. The Morgan fingerprint density at radius 1 is 1.22 bits per heavy atom. The molecule has 0 saturated carbocycles. The summed E-state index contributed by atoms with van der Waals surface area (Å²) < 4.78 is 29.4. The van der Waals surface area contributed by atoms with Gasteiger partial charge in [-0.1, -0.05) is 0 Å². The molecule has 0 spiro atoms. The quantitative estimate of drug-likeness (QED) is 0.750. The molecule has 0 unspecified atom stereocenters. The second-order valence-electron chi connectivity index (χ2n) is 7.56. The SMILES string of the molecule is CC(C)n1cc(-c2cnc(C[C@H]3CCCN(S(=O)(=O)N(C)C)C3)cn2)cn1. The van der Waals surface area contributed by atoms with Gasteiger partial charge in [-0.2, -0.15) is 22.1 Å². The summed E-state index contributed by atoms with van der Waals surface area (Å²) in [5.74, 6) is 0.261. The monoisotopic (exact) mass is 392 g/mol. The first-order valence-corrected chi connectivity index (χ1v) is 10.7. The van der Waals surface area contributed by atoms with Gasteiger partial charge < -0.3 is 0 Å². The molecule has 0 aromatic carbocycles. The fraction of sp³-hybridized carbons (Fsp3) is 0.611. The summed E-state index contributed by atoms with van der Waals surface area (Å²) in [4.78, 5) is 9.07. The van der Waals surface area contributed by atoms with Gasteiger partial charge in [-0.15, -0.1) is 0 Å². The van der Waals surface area contributed by atoms with Gasteiger partial charge in [-0.25, -0.2) is 0 Å². The van der Waals surface area contributed by atoms with Crippen LogP contribution in [0.3, 0.4) is 0 Å². The molecule has 2 aromatic heterocycles. The van der Waals surface area contributed by atoms with Crippen LogP contribution >= 0.6 is 0 Å². The number of hydrogen-bond acceptors (Lipinski definition) is 5. The van der Waals surface area contributed by atoms with E-state index >= 15 is 0 Å². The van der Waals surface area contributed by atoms with Gasteiger partial charge in [-0.05, 0) is 39.0 Å². The lowest BCUT2D eigenvalue weighted by molar-refractivity contribution is 0.253. The van der Waals surface area contributed by atoms with Crippen molar-refractivity contribution < 1.29 is 8.42 Å². The summed E-state index contributed by atoms with van der Waals surface area (Å²) in [5.41, 5.74) is 2.64. The van der Waals surface area contributed by atoms with Crippen molar-refractivity contribution in [2.24, 2.45) is 5.92 Å². The molecule has 3 rings (SSSR count). The Balaban J connectivity index is 1.65. The summed E-state index contributed by atoms with van der Waals surface area (Å²) in [6, 6.07) is 0.304. The third-order valence-corrected chi connectivity index (χ3v) is 6.81. The van der Waals surface area contributed by atoms with Crippen molar-refractivity contribution in [2.75, 3.05) is 27.2 Å². The van der Waals surface area contributed by atoms with Gasteiger partial charge in [0.1, 0.15) is 0 Å². The van der Waals surface area contributed by atoms with Crippen LogP contribution in [0, 0.1) is 5.92 Å². The first-order valence-electron chi connectivity index (χ1n) is 9.30. The Labute approximate surface area is 161 Å². The molecular weight excluding hydrogens is 364 g/mol. The van der Waals surface area contributed by atoms with E-state index in [4.69, 9.17) is 0 Å². The number of nitrogens with zero attached hydrogens (tertiary/aromatic N) is 6. The molecule has 1 saturated heterocycles. The molecule has 0 amide bonds. The average Bonchev–Trinajstić information content (AvgIpc) is 3.13. The topological polar surface area (TPSA) is 84.2 Å². The smallest absolute Gasteiger partial charge is 0.270 e. The van der Waals surface area contributed by atoms with Crippen molar-refractivity contribution in [3.8, 4) is 11.3 Å². The second kappa shape index (κ2) is 8.04. The van der Waals surface area contributed by atoms with E-state index in [9.17, 15) is 8.42 Å². The van der Waals surface area contributed by atoms with E-state index in [1.165, 1.54) is 4.31 Å². The molecular formula is C18H28N6O2S. The maximum Gasteiger partial charge on any atom is 0.281 e. The zero-order valence-electron chi connectivity index (χ0n) is 16.4. The second-order valence-corrected chi connectivity index (χ2v) is 9.70. The molecule has 1 aliphatic heterocycles. The van der Waals surface area contributed by atoms with Crippen LogP contribution in [0.2, 0.25) is 0 Å². The lowest BCUT2D eigenvalue weighted by Crippen LogP contribution is -2.45. The minimum Gasteiger partial charge on any atom is -0.270 e. The summed E-state index contributed by atoms with van der Waals surface area (Å²) in [6.07, 6.45) is 9.95. The van der Waals surface area contributed by atoms with E-state index < -0.39 is 10.2 Å². The van der Waals surface area contributed by atoms with E-state index in [2.05, 4.69) is 28.9 Å². The molecule has 3 heterocycles. The predicted octanol–water partition coefficient (Wildman–Crippen LogP) is 1.98. The highest BCUT2D eigenvalue weighted by Gasteiger charge is 2.30. The van der Waals surface area contributed by atoms with Gasteiger partial charge in [0.15, 0.2) is 0 Å². The Bertz CT molecular complexity index is 860. The Morgan fingerprint density at radius 3 is 2.59 bits per heavy atom. The molecule has 0 aliphatic carbocycles. The molecule has 1 aliphatic rings. The summed E-state index contributed by atoms with van der Waals surface area (Å²) in [6.45, 7) is 5.28. The first kappa shape index (κ1) is 19.9. The van der Waals surface area contributed by atoms with Crippen LogP contribution in [0.4, 0.5) is 0 Å². The van der Waals surface area contributed by atoms with Gasteiger partial charge in [0.25, 0.3) is 10.2 Å². The van der Waals surface area contributed by atoms with Crippen molar-refractivity contribution in [1.82, 2.24) is 28.4 Å². The lowest BCUT2D eigenvalue weighted by Gasteiger charge is -2.33. The van der Waals surface area contributed by atoms with Gasteiger partial charge in [-0.3, -0.25) is 14.6 Å². The van der Waals surface area contributed by atoms with E-state index in [0.717, 1.165) is 36.2 Å². The summed E-state index contributed by atoms with van der Waals surface area (Å²) in [7, 11) is -0.203. The number of rotatable bonds is 6.